The molecule has 2 aromatic rings. The van der Waals surface area contributed by atoms with Gasteiger partial charge in [-0.2, -0.15) is 11.8 Å². The van der Waals surface area contributed by atoms with Crippen LogP contribution < -0.4 is 5.56 Å². The van der Waals surface area contributed by atoms with Gasteiger partial charge in [0.25, 0.3) is 5.56 Å². The summed E-state index contributed by atoms with van der Waals surface area (Å²) in [6.07, 6.45) is 3.95. The average molecular weight is 324 g/mol. The Bertz CT molecular complexity index is 604. The van der Waals surface area contributed by atoms with Crippen LogP contribution in [0.3, 0.4) is 0 Å². The monoisotopic (exact) mass is 323 g/mol. The third-order valence-corrected chi connectivity index (χ3v) is 4.03. The third-order valence-electron chi connectivity index (χ3n) is 2.75. The summed E-state index contributed by atoms with van der Waals surface area (Å²) in [4.78, 5) is 11.5. The van der Waals surface area contributed by atoms with Crippen LogP contribution in [0.4, 0.5) is 0 Å². The molecule has 0 spiro atoms. The molecule has 0 radical (unpaired) electrons. The summed E-state index contributed by atoms with van der Waals surface area (Å²) in [5, 5.41) is 0. The molecule has 0 unspecified atom stereocenters. The molecule has 0 amide bonds. The number of benzene rings is 1. The lowest BCUT2D eigenvalue weighted by Gasteiger charge is -2.08. The molecule has 1 heterocycles. The third kappa shape index (κ3) is 2.87. The Kier molecular flexibility index (Phi) is 4.30. The van der Waals surface area contributed by atoms with Crippen molar-refractivity contribution >= 4 is 27.7 Å². The van der Waals surface area contributed by atoms with E-state index in [9.17, 15) is 4.79 Å². The standard InChI is InChI=1S/C14H14BrNOS/c1-16-8-12(13(15)7-14(16)17)11-5-3-10(4-6-11)9-18-2/h3-8H,9H2,1-2H3. The normalized spacial score (nSPS) is 10.6. The molecule has 0 aliphatic carbocycles. The summed E-state index contributed by atoms with van der Waals surface area (Å²) in [6.45, 7) is 0. The van der Waals surface area contributed by atoms with Crippen LogP contribution in [-0.2, 0) is 12.8 Å². The van der Waals surface area contributed by atoms with Gasteiger partial charge in [0.1, 0.15) is 0 Å². The summed E-state index contributed by atoms with van der Waals surface area (Å²) < 4.78 is 2.43. The molecular formula is C14H14BrNOS. The number of hydrogen-bond donors (Lipinski definition) is 0. The first-order valence-electron chi connectivity index (χ1n) is 5.56. The fourth-order valence-electron chi connectivity index (χ4n) is 1.77. The maximum atomic E-state index is 11.5. The van der Waals surface area contributed by atoms with Crippen molar-refractivity contribution in [2.45, 2.75) is 5.75 Å². The van der Waals surface area contributed by atoms with Crippen molar-refractivity contribution in [1.82, 2.24) is 4.57 Å². The smallest absolute Gasteiger partial charge is 0.251 e. The molecule has 1 aromatic heterocycles. The van der Waals surface area contributed by atoms with Crippen molar-refractivity contribution < 1.29 is 0 Å². The lowest BCUT2D eigenvalue weighted by atomic mass is 10.1. The molecule has 1 aromatic carbocycles. The van der Waals surface area contributed by atoms with E-state index in [2.05, 4.69) is 46.5 Å². The van der Waals surface area contributed by atoms with Gasteiger partial charge in [0.05, 0.1) is 0 Å². The lowest BCUT2D eigenvalue weighted by molar-refractivity contribution is 0.860. The first kappa shape index (κ1) is 13.4. The minimum atomic E-state index is -0.00960. The SMILES string of the molecule is CSCc1ccc(-c2cn(C)c(=O)cc2Br)cc1. The average Bonchev–Trinajstić information content (AvgIpc) is 2.35. The van der Waals surface area contributed by atoms with Crippen LogP contribution in [0.2, 0.25) is 0 Å². The second kappa shape index (κ2) is 5.76. The molecule has 2 rings (SSSR count). The van der Waals surface area contributed by atoms with Gasteiger partial charge < -0.3 is 4.57 Å². The van der Waals surface area contributed by atoms with E-state index in [1.807, 2.05) is 18.0 Å². The molecule has 0 aliphatic heterocycles. The number of aryl methyl sites for hydroxylation is 1. The first-order valence-corrected chi connectivity index (χ1v) is 7.75. The molecule has 0 aliphatic rings. The second-order valence-electron chi connectivity index (χ2n) is 4.11. The minimum Gasteiger partial charge on any atom is -0.318 e. The lowest BCUT2D eigenvalue weighted by Crippen LogP contribution is -2.14. The maximum absolute atomic E-state index is 11.5. The van der Waals surface area contributed by atoms with E-state index < -0.39 is 0 Å². The maximum Gasteiger partial charge on any atom is 0.251 e. The zero-order valence-corrected chi connectivity index (χ0v) is 12.7. The van der Waals surface area contributed by atoms with Gasteiger partial charge in [0.2, 0.25) is 0 Å². The van der Waals surface area contributed by atoms with E-state index in [-0.39, 0.29) is 5.56 Å². The molecule has 4 heteroatoms. The fraction of sp³-hybridized carbons (Fsp3) is 0.214. The van der Waals surface area contributed by atoms with E-state index in [1.54, 1.807) is 17.7 Å². The molecule has 2 nitrogen and oxygen atoms in total. The van der Waals surface area contributed by atoms with Gasteiger partial charge in [-0.15, -0.1) is 0 Å². The number of halogens is 1. The Balaban J connectivity index is 2.42. The van der Waals surface area contributed by atoms with E-state index in [1.165, 1.54) is 5.56 Å². The van der Waals surface area contributed by atoms with Crippen LogP contribution in [0.15, 0.2) is 45.8 Å². The number of pyridine rings is 1. The Hall–Kier alpha value is -1.00. The van der Waals surface area contributed by atoms with E-state index in [0.717, 1.165) is 21.4 Å². The quantitative estimate of drug-likeness (QED) is 0.859. The second-order valence-corrected chi connectivity index (χ2v) is 5.83. The van der Waals surface area contributed by atoms with Gasteiger partial charge >= 0.3 is 0 Å². The van der Waals surface area contributed by atoms with Crippen molar-refractivity contribution in [3.05, 3.63) is 56.9 Å². The van der Waals surface area contributed by atoms with E-state index in [4.69, 9.17) is 0 Å². The fourth-order valence-corrected chi connectivity index (χ4v) is 2.82. The van der Waals surface area contributed by atoms with E-state index >= 15 is 0 Å². The van der Waals surface area contributed by atoms with Crippen LogP contribution in [0.5, 0.6) is 0 Å². The van der Waals surface area contributed by atoms with E-state index in [0.29, 0.717) is 0 Å². The highest BCUT2D eigenvalue weighted by molar-refractivity contribution is 9.10. The Morgan fingerprint density at radius 1 is 1.28 bits per heavy atom. The first-order chi connectivity index (χ1) is 8.61. The number of rotatable bonds is 3. The Labute approximate surface area is 119 Å². The zero-order chi connectivity index (χ0) is 13.1. The zero-order valence-electron chi connectivity index (χ0n) is 10.3. The van der Waals surface area contributed by atoms with Crippen LogP contribution >= 0.6 is 27.7 Å². The van der Waals surface area contributed by atoms with Crippen LogP contribution in [0.25, 0.3) is 11.1 Å². The molecule has 0 atom stereocenters. The summed E-state index contributed by atoms with van der Waals surface area (Å²) in [7, 11) is 1.76. The molecular weight excluding hydrogens is 310 g/mol. The predicted molar refractivity (Wildman–Crippen MR) is 82.0 cm³/mol. The molecule has 0 bridgehead atoms. The number of aromatic nitrogens is 1. The number of nitrogens with zero attached hydrogens (tertiary/aromatic N) is 1. The summed E-state index contributed by atoms with van der Waals surface area (Å²) in [5.41, 5.74) is 3.45. The topological polar surface area (TPSA) is 22.0 Å². The van der Waals surface area contributed by atoms with Crippen LogP contribution in [-0.4, -0.2) is 10.8 Å². The predicted octanol–water partition coefficient (Wildman–Crippen LogP) is 3.68. The molecule has 0 saturated carbocycles. The minimum absolute atomic E-state index is 0.00960. The van der Waals surface area contributed by atoms with Gasteiger partial charge in [-0.1, -0.05) is 24.3 Å². The summed E-state index contributed by atoms with van der Waals surface area (Å²) in [6, 6.07) is 10.0. The largest absolute Gasteiger partial charge is 0.318 e. The van der Waals surface area contributed by atoms with Gasteiger partial charge in [-0.25, -0.2) is 0 Å². The van der Waals surface area contributed by atoms with Gasteiger partial charge in [-0.3, -0.25) is 4.79 Å². The van der Waals surface area contributed by atoms with Crippen molar-refractivity contribution in [1.29, 1.82) is 0 Å². The highest BCUT2D eigenvalue weighted by Crippen LogP contribution is 2.27. The number of hydrogen-bond acceptors (Lipinski definition) is 2. The Morgan fingerprint density at radius 2 is 1.94 bits per heavy atom. The van der Waals surface area contributed by atoms with Crippen molar-refractivity contribution in [2.75, 3.05) is 6.26 Å². The summed E-state index contributed by atoms with van der Waals surface area (Å²) >= 11 is 5.26. The van der Waals surface area contributed by atoms with Crippen molar-refractivity contribution in [2.24, 2.45) is 7.05 Å². The molecule has 0 N–H and O–H groups in total. The molecule has 18 heavy (non-hydrogen) atoms. The van der Waals surface area contributed by atoms with Crippen LogP contribution in [0, 0.1) is 0 Å². The van der Waals surface area contributed by atoms with Gasteiger partial charge in [-0.05, 0) is 33.3 Å². The van der Waals surface area contributed by atoms with Crippen molar-refractivity contribution in [3.8, 4) is 11.1 Å². The number of thioether (sulfide) groups is 1. The summed E-state index contributed by atoms with van der Waals surface area (Å²) in [5.74, 6) is 1.02. The Morgan fingerprint density at radius 3 is 2.56 bits per heavy atom. The molecule has 0 fully saturated rings. The molecule has 94 valence electrons. The van der Waals surface area contributed by atoms with Crippen LogP contribution in [0.1, 0.15) is 5.56 Å². The van der Waals surface area contributed by atoms with Crippen molar-refractivity contribution in [3.63, 3.8) is 0 Å². The highest BCUT2D eigenvalue weighted by Gasteiger charge is 2.05. The van der Waals surface area contributed by atoms with Gasteiger partial charge in [0, 0.05) is 35.1 Å². The molecule has 0 saturated heterocycles. The van der Waals surface area contributed by atoms with Gasteiger partial charge in [0.15, 0.2) is 0 Å². The highest BCUT2D eigenvalue weighted by atomic mass is 79.9.